The van der Waals surface area contributed by atoms with E-state index < -0.39 is 0 Å². The molecule has 1 aromatic heterocycles. The van der Waals surface area contributed by atoms with E-state index >= 15 is 0 Å². The summed E-state index contributed by atoms with van der Waals surface area (Å²) in [5.74, 6) is 1.61. The summed E-state index contributed by atoms with van der Waals surface area (Å²) < 4.78 is 7.10. The average molecular weight is 492 g/mol. The SMILES string of the molecule is CCNC(=NCc1c(C)nn(C)c1C)NCC1CCN(CCOC)CC1.I. The van der Waals surface area contributed by atoms with Crippen LogP contribution in [0.3, 0.4) is 0 Å². The fraction of sp³-hybridized carbons (Fsp3) is 0.789. The van der Waals surface area contributed by atoms with Crippen LogP contribution in [0.4, 0.5) is 0 Å². The molecule has 2 rings (SSSR count). The van der Waals surface area contributed by atoms with Crippen molar-refractivity contribution in [3.63, 3.8) is 0 Å². The third-order valence-corrected chi connectivity index (χ3v) is 5.28. The lowest BCUT2D eigenvalue weighted by Crippen LogP contribution is -2.43. The van der Waals surface area contributed by atoms with E-state index in [9.17, 15) is 0 Å². The normalized spacial score (nSPS) is 16.3. The Bertz CT molecular complexity index is 581. The molecule has 0 radical (unpaired) electrons. The molecular weight excluding hydrogens is 455 g/mol. The Balaban J connectivity index is 0.00000364. The number of methoxy groups -OCH3 is 1. The summed E-state index contributed by atoms with van der Waals surface area (Å²) in [5.41, 5.74) is 3.47. The fourth-order valence-corrected chi connectivity index (χ4v) is 3.42. The molecule has 1 aliphatic rings. The Morgan fingerprint density at radius 2 is 1.96 bits per heavy atom. The number of guanidine groups is 1. The number of nitrogens with zero attached hydrogens (tertiary/aromatic N) is 4. The molecule has 2 N–H and O–H groups in total. The third kappa shape index (κ3) is 7.57. The Morgan fingerprint density at radius 3 is 2.52 bits per heavy atom. The lowest BCUT2D eigenvalue weighted by molar-refractivity contribution is 0.121. The second-order valence-corrected chi connectivity index (χ2v) is 7.13. The molecule has 156 valence electrons. The van der Waals surface area contributed by atoms with Crippen LogP contribution in [-0.4, -0.2) is 67.1 Å². The highest BCUT2D eigenvalue weighted by Crippen LogP contribution is 2.16. The first-order valence-electron chi connectivity index (χ1n) is 9.77. The molecule has 2 heterocycles. The van der Waals surface area contributed by atoms with Gasteiger partial charge in [0.05, 0.1) is 18.8 Å². The van der Waals surface area contributed by atoms with Gasteiger partial charge in [-0.05, 0) is 52.6 Å². The Labute approximate surface area is 181 Å². The monoisotopic (exact) mass is 492 g/mol. The number of piperidine rings is 1. The zero-order valence-corrected chi connectivity index (χ0v) is 19.9. The molecule has 0 amide bonds. The van der Waals surface area contributed by atoms with Crippen molar-refractivity contribution in [2.24, 2.45) is 18.0 Å². The van der Waals surface area contributed by atoms with Crippen molar-refractivity contribution in [1.29, 1.82) is 0 Å². The predicted molar refractivity (Wildman–Crippen MR) is 122 cm³/mol. The van der Waals surface area contributed by atoms with E-state index in [0.717, 1.165) is 51.0 Å². The summed E-state index contributed by atoms with van der Waals surface area (Å²) in [6.45, 7) is 13.0. The quantitative estimate of drug-likeness (QED) is 0.331. The number of aliphatic imine (C=N–C) groups is 1. The zero-order valence-electron chi connectivity index (χ0n) is 17.5. The minimum atomic E-state index is 0. The number of nitrogens with one attached hydrogen (secondary N) is 2. The van der Waals surface area contributed by atoms with Crippen molar-refractivity contribution >= 4 is 29.9 Å². The average Bonchev–Trinajstić information content (AvgIpc) is 2.88. The van der Waals surface area contributed by atoms with Crippen LogP contribution in [0.25, 0.3) is 0 Å². The van der Waals surface area contributed by atoms with Crippen LogP contribution >= 0.6 is 24.0 Å². The Hall–Kier alpha value is -0.870. The maximum absolute atomic E-state index is 5.17. The van der Waals surface area contributed by atoms with Crippen LogP contribution in [0.2, 0.25) is 0 Å². The van der Waals surface area contributed by atoms with Gasteiger partial charge in [0.25, 0.3) is 0 Å². The molecule has 27 heavy (non-hydrogen) atoms. The van der Waals surface area contributed by atoms with Crippen LogP contribution in [0, 0.1) is 19.8 Å². The van der Waals surface area contributed by atoms with Gasteiger partial charge in [0.1, 0.15) is 0 Å². The molecular formula is C19H37IN6O. The minimum Gasteiger partial charge on any atom is -0.383 e. The molecule has 7 nitrogen and oxygen atoms in total. The van der Waals surface area contributed by atoms with Gasteiger partial charge in [-0.3, -0.25) is 4.68 Å². The molecule has 0 spiro atoms. The molecule has 1 saturated heterocycles. The first kappa shape index (κ1) is 24.2. The zero-order chi connectivity index (χ0) is 18.9. The van der Waals surface area contributed by atoms with E-state index in [4.69, 9.17) is 9.73 Å². The van der Waals surface area contributed by atoms with Crippen molar-refractivity contribution in [1.82, 2.24) is 25.3 Å². The summed E-state index contributed by atoms with van der Waals surface area (Å²) in [6, 6.07) is 0. The smallest absolute Gasteiger partial charge is 0.191 e. The first-order valence-corrected chi connectivity index (χ1v) is 9.77. The van der Waals surface area contributed by atoms with Gasteiger partial charge in [-0.2, -0.15) is 5.10 Å². The van der Waals surface area contributed by atoms with Crippen LogP contribution in [-0.2, 0) is 18.3 Å². The van der Waals surface area contributed by atoms with Gasteiger partial charge >= 0.3 is 0 Å². The van der Waals surface area contributed by atoms with Crippen LogP contribution in [0.1, 0.15) is 36.7 Å². The number of hydrogen-bond donors (Lipinski definition) is 2. The number of rotatable bonds is 8. The maximum atomic E-state index is 5.17. The topological polar surface area (TPSA) is 66.7 Å². The van der Waals surface area contributed by atoms with Crippen molar-refractivity contribution in [3.05, 3.63) is 17.0 Å². The molecule has 0 saturated carbocycles. The lowest BCUT2D eigenvalue weighted by atomic mass is 9.97. The number of halogens is 1. The number of aryl methyl sites for hydroxylation is 2. The van der Waals surface area contributed by atoms with Crippen molar-refractivity contribution in [3.8, 4) is 0 Å². The van der Waals surface area contributed by atoms with E-state index in [1.165, 1.54) is 24.1 Å². The molecule has 1 fully saturated rings. The highest BCUT2D eigenvalue weighted by Gasteiger charge is 2.19. The number of ether oxygens (including phenoxy) is 1. The number of likely N-dealkylation sites (tertiary alicyclic amines) is 1. The van der Waals surface area contributed by atoms with Crippen LogP contribution in [0.15, 0.2) is 4.99 Å². The van der Waals surface area contributed by atoms with E-state index in [0.29, 0.717) is 12.5 Å². The van der Waals surface area contributed by atoms with Crippen LogP contribution in [0.5, 0.6) is 0 Å². The molecule has 0 unspecified atom stereocenters. The van der Waals surface area contributed by atoms with Gasteiger partial charge in [-0.1, -0.05) is 0 Å². The molecule has 0 aliphatic carbocycles. The fourth-order valence-electron chi connectivity index (χ4n) is 3.42. The highest BCUT2D eigenvalue weighted by atomic mass is 127. The highest BCUT2D eigenvalue weighted by molar-refractivity contribution is 14.0. The molecule has 1 aliphatic heterocycles. The minimum absolute atomic E-state index is 0. The molecule has 8 heteroatoms. The van der Waals surface area contributed by atoms with E-state index in [-0.39, 0.29) is 24.0 Å². The molecule has 0 aromatic carbocycles. The van der Waals surface area contributed by atoms with Gasteiger partial charge < -0.3 is 20.3 Å². The summed E-state index contributed by atoms with van der Waals surface area (Å²) in [5, 5.41) is 11.4. The first-order chi connectivity index (χ1) is 12.5. The van der Waals surface area contributed by atoms with E-state index in [1.807, 2.05) is 11.7 Å². The summed E-state index contributed by atoms with van der Waals surface area (Å²) in [6.07, 6.45) is 2.47. The third-order valence-electron chi connectivity index (χ3n) is 5.28. The maximum Gasteiger partial charge on any atom is 0.191 e. The van der Waals surface area contributed by atoms with Gasteiger partial charge in [-0.15, -0.1) is 24.0 Å². The van der Waals surface area contributed by atoms with E-state index in [1.54, 1.807) is 7.11 Å². The summed E-state index contributed by atoms with van der Waals surface area (Å²) >= 11 is 0. The molecule has 1 aromatic rings. The predicted octanol–water partition coefficient (Wildman–Crippen LogP) is 2.07. The molecule has 0 bridgehead atoms. The number of aromatic nitrogens is 2. The lowest BCUT2D eigenvalue weighted by Gasteiger charge is -2.32. The van der Waals surface area contributed by atoms with Crippen molar-refractivity contribution < 1.29 is 4.74 Å². The van der Waals surface area contributed by atoms with Crippen molar-refractivity contribution in [2.45, 2.75) is 40.2 Å². The Kier molecular flexibility index (Phi) is 11.2. The van der Waals surface area contributed by atoms with Crippen molar-refractivity contribution in [2.75, 3.05) is 46.4 Å². The standard InChI is InChI=1S/C19H36N6O.HI/c1-6-20-19(22-14-18-15(2)23-24(4)16(18)3)21-13-17-7-9-25(10-8-17)11-12-26-5;/h17H,6-14H2,1-5H3,(H2,20,21,22);1H. The summed E-state index contributed by atoms with van der Waals surface area (Å²) in [7, 11) is 3.75. The Morgan fingerprint density at radius 1 is 1.26 bits per heavy atom. The van der Waals surface area contributed by atoms with Crippen LogP contribution < -0.4 is 10.6 Å². The van der Waals surface area contributed by atoms with Gasteiger partial charge in [0.2, 0.25) is 0 Å². The second kappa shape index (κ2) is 12.6. The van der Waals surface area contributed by atoms with E-state index in [2.05, 4.69) is 41.4 Å². The van der Waals surface area contributed by atoms with Gasteiger partial charge in [0.15, 0.2) is 5.96 Å². The van der Waals surface area contributed by atoms with Gasteiger partial charge in [-0.25, -0.2) is 4.99 Å². The summed E-state index contributed by atoms with van der Waals surface area (Å²) in [4.78, 5) is 7.27. The molecule has 0 atom stereocenters. The largest absolute Gasteiger partial charge is 0.383 e. The number of hydrogen-bond acceptors (Lipinski definition) is 4. The second-order valence-electron chi connectivity index (χ2n) is 7.13. The van der Waals surface area contributed by atoms with Gasteiger partial charge in [0, 0.05) is 45.0 Å².